The molecule has 0 radical (unpaired) electrons. The molecule has 0 amide bonds. The fourth-order valence-electron chi connectivity index (χ4n) is 2.89. The maximum absolute atomic E-state index is 13.8. The van der Waals surface area contributed by atoms with Crippen molar-refractivity contribution in [3.63, 3.8) is 0 Å². The normalized spacial score (nSPS) is 12.1. The first kappa shape index (κ1) is 17.3. The first-order valence-electron chi connectivity index (χ1n) is 7.82. The summed E-state index contributed by atoms with van der Waals surface area (Å²) in [4.78, 5) is 0. The van der Waals surface area contributed by atoms with Crippen molar-refractivity contribution in [2.45, 2.75) is 32.7 Å². The van der Waals surface area contributed by atoms with E-state index in [1.165, 1.54) is 12.1 Å². The fraction of sp³-hybridized carbons (Fsp3) is 0.368. The predicted octanol–water partition coefficient (Wildman–Crippen LogP) is 4.48. The third kappa shape index (κ3) is 3.48. The van der Waals surface area contributed by atoms with Crippen LogP contribution in [0.5, 0.6) is 11.5 Å². The Balaban J connectivity index is 2.74. The SMILES string of the molecule is CCCc1c(-c2cc(F)ccc2OC)ccc(C(C)N)c1OC. The number of rotatable bonds is 6. The summed E-state index contributed by atoms with van der Waals surface area (Å²) in [5.41, 5.74) is 9.70. The molecule has 2 N–H and O–H groups in total. The van der Waals surface area contributed by atoms with Gasteiger partial charge in [0.15, 0.2) is 0 Å². The first-order chi connectivity index (χ1) is 11.0. The molecule has 0 saturated heterocycles. The van der Waals surface area contributed by atoms with Gasteiger partial charge in [0, 0.05) is 22.7 Å². The molecule has 4 heteroatoms. The molecule has 0 saturated carbocycles. The molecule has 1 atom stereocenters. The zero-order valence-electron chi connectivity index (χ0n) is 14.2. The van der Waals surface area contributed by atoms with Gasteiger partial charge < -0.3 is 15.2 Å². The van der Waals surface area contributed by atoms with Gasteiger partial charge in [-0.3, -0.25) is 0 Å². The number of ether oxygens (including phenoxy) is 2. The van der Waals surface area contributed by atoms with Crippen molar-refractivity contribution in [1.82, 2.24) is 0 Å². The lowest BCUT2D eigenvalue weighted by Gasteiger charge is -2.20. The number of benzene rings is 2. The standard InChI is InChI=1S/C19H24FNO2/c1-5-6-16-15(9-8-14(12(2)21)19(16)23-4)17-11-13(20)7-10-18(17)22-3/h7-12H,5-6,21H2,1-4H3. The van der Waals surface area contributed by atoms with Crippen LogP contribution in [0.3, 0.4) is 0 Å². The van der Waals surface area contributed by atoms with Crippen molar-refractivity contribution in [2.75, 3.05) is 14.2 Å². The Morgan fingerprint density at radius 2 is 1.83 bits per heavy atom. The Morgan fingerprint density at radius 1 is 1.09 bits per heavy atom. The molecular weight excluding hydrogens is 293 g/mol. The molecule has 0 heterocycles. The number of nitrogens with two attached hydrogens (primary N) is 1. The van der Waals surface area contributed by atoms with Crippen LogP contribution in [0.1, 0.15) is 37.4 Å². The van der Waals surface area contributed by atoms with Crippen LogP contribution in [0.25, 0.3) is 11.1 Å². The second-order valence-electron chi connectivity index (χ2n) is 5.60. The lowest BCUT2D eigenvalue weighted by atomic mass is 9.91. The molecule has 0 aliphatic rings. The molecule has 3 nitrogen and oxygen atoms in total. The van der Waals surface area contributed by atoms with Gasteiger partial charge in [-0.25, -0.2) is 4.39 Å². The van der Waals surface area contributed by atoms with Crippen molar-refractivity contribution < 1.29 is 13.9 Å². The molecule has 0 fully saturated rings. The summed E-state index contributed by atoms with van der Waals surface area (Å²) < 4.78 is 24.8. The minimum Gasteiger partial charge on any atom is -0.496 e. The molecule has 0 spiro atoms. The highest BCUT2D eigenvalue weighted by atomic mass is 19.1. The number of hydrogen-bond acceptors (Lipinski definition) is 3. The Bertz CT molecular complexity index is 683. The van der Waals surface area contributed by atoms with E-state index in [1.807, 2.05) is 19.1 Å². The van der Waals surface area contributed by atoms with Gasteiger partial charge in [-0.15, -0.1) is 0 Å². The van der Waals surface area contributed by atoms with Gasteiger partial charge in [0.2, 0.25) is 0 Å². The van der Waals surface area contributed by atoms with Gasteiger partial charge in [-0.2, -0.15) is 0 Å². The van der Waals surface area contributed by atoms with Gasteiger partial charge in [-0.05, 0) is 37.1 Å². The second-order valence-corrected chi connectivity index (χ2v) is 5.60. The zero-order chi connectivity index (χ0) is 17.0. The van der Waals surface area contributed by atoms with E-state index >= 15 is 0 Å². The maximum atomic E-state index is 13.8. The maximum Gasteiger partial charge on any atom is 0.127 e. The summed E-state index contributed by atoms with van der Waals surface area (Å²) in [5, 5.41) is 0. The van der Waals surface area contributed by atoms with E-state index in [0.717, 1.165) is 40.8 Å². The minimum absolute atomic E-state index is 0.135. The third-order valence-corrected chi connectivity index (χ3v) is 3.94. The monoisotopic (exact) mass is 317 g/mol. The predicted molar refractivity (Wildman–Crippen MR) is 91.5 cm³/mol. The van der Waals surface area contributed by atoms with E-state index in [9.17, 15) is 4.39 Å². The Labute approximate surface area is 137 Å². The highest BCUT2D eigenvalue weighted by Crippen LogP contribution is 2.40. The molecule has 2 rings (SSSR count). The molecule has 0 bridgehead atoms. The number of hydrogen-bond donors (Lipinski definition) is 1. The highest BCUT2D eigenvalue weighted by Gasteiger charge is 2.19. The summed E-state index contributed by atoms with van der Waals surface area (Å²) >= 11 is 0. The van der Waals surface area contributed by atoms with Crippen LogP contribution in [-0.4, -0.2) is 14.2 Å². The van der Waals surface area contributed by atoms with Crippen molar-refractivity contribution in [3.8, 4) is 22.6 Å². The Kier molecular flexibility index (Phi) is 5.61. The van der Waals surface area contributed by atoms with Crippen LogP contribution in [0.4, 0.5) is 4.39 Å². The summed E-state index contributed by atoms with van der Waals surface area (Å²) in [7, 11) is 3.23. The van der Waals surface area contributed by atoms with Crippen molar-refractivity contribution in [3.05, 3.63) is 47.3 Å². The molecule has 0 aliphatic carbocycles. The second kappa shape index (κ2) is 7.47. The van der Waals surface area contributed by atoms with Gasteiger partial charge in [0.05, 0.1) is 14.2 Å². The topological polar surface area (TPSA) is 44.5 Å². The third-order valence-electron chi connectivity index (χ3n) is 3.94. The number of methoxy groups -OCH3 is 2. The molecule has 2 aromatic rings. The highest BCUT2D eigenvalue weighted by molar-refractivity contribution is 5.76. The fourth-order valence-corrected chi connectivity index (χ4v) is 2.89. The molecule has 0 aromatic heterocycles. The largest absolute Gasteiger partial charge is 0.496 e. The lowest BCUT2D eigenvalue weighted by Crippen LogP contribution is -2.09. The van der Waals surface area contributed by atoms with Gasteiger partial charge in [0.25, 0.3) is 0 Å². The first-order valence-corrected chi connectivity index (χ1v) is 7.82. The average Bonchev–Trinajstić information content (AvgIpc) is 2.54. The van der Waals surface area contributed by atoms with E-state index in [2.05, 4.69) is 6.92 Å². The van der Waals surface area contributed by atoms with Gasteiger partial charge in [-0.1, -0.05) is 25.5 Å². The van der Waals surface area contributed by atoms with Gasteiger partial charge in [0.1, 0.15) is 17.3 Å². The molecule has 1 unspecified atom stereocenters. The van der Waals surface area contributed by atoms with Crippen LogP contribution in [0, 0.1) is 5.82 Å². The molecule has 124 valence electrons. The van der Waals surface area contributed by atoms with Crippen molar-refractivity contribution in [2.24, 2.45) is 5.73 Å². The van der Waals surface area contributed by atoms with E-state index < -0.39 is 0 Å². The van der Waals surface area contributed by atoms with E-state index in [1.54, 1.807) is 20.3 Å². The average molecular weight is 317 g/mol. The zero-order valence-corrected chi connectivity index (χ0v) is 14.2. The minimum atomic E-state index is -0.293. The summed E-state index contributed by atoms with van der Waals surface area (Å²) in [6, 6.07) is 8.33. The van der Waals surface area contributed by atoms with Crippen LogP contribution >= 0.6 is 0 Å². The smallest absolute Gasteiger partial charge is 0.127 e. The van der Waals surface area contributed by atoms with Crippen LogP contribution in [0.15, 0.2) is 30.3 Å². The Hall–Kier alpha value is -2.07. The molecule has 0 aliphatic heterocycles. The van der Waals surface area contributed by atoms with E-state index in [-0.39, 0.29) is 11.9 Å². The quantitative estimate of drug-likeness (QED) is 0.854. The van der Waals surface area contributed by atoms with E-state index in [4.69, 9.17) is 15.2 Å². The van der Waals surface area contributed by atoms with Gasteiger partial charge >= 0.3 is 0 Å². The molecule has 23 heavy (non-hydrogen) atoms. The van der Waals surface area contributed by atoms with E-state index in [0.29, 0.717) is 5.75 Å². The van der Waals surface area contributed by atoms with Crippen molar-refractivity contribution in [1.29, 1.82) is 0 Å². The summed E-state index contributed by atoms with van der Waals surface area (Å²) in [6.45, 7) is 4.03. The summed E-state index contributed by atoms with van der Waals surface area (Å²) in [6.07, 6.45) is 1.77. The Morgan fingerprint density at radius 3 is 2.39 bits per heavy atom. The molecular formula is C19H24FNO2. The summed E-state index contributed by atoms with van der Waals surface area (Å²) in [5.74, 6) is 1.13. The van der Waals surface area contributed by atoms with Crippen LogP contribution < -0.4 is 15.2 Å². The van der Waals surface area contributed by atoms with Crippen molar-refractivity contribution >= 4 is 0 Å². The van der Waals surface area contributed by atoms with Crippen LogP contribution in [0.2, 0.25) is 0 Å². The van der Waals surface area contributed by atoms with Crippen LogP contribution in [-0.2, 0) is 6.42 Å². The number of halogens is 1. The molecule has 2 aromatic carbocycles. The lowest BCUT2D eigenvalue weighted by molar-refractivity contribution is 0.401.